The molecule has 36 heavy (non-hydrogen) atoms. The van der Waals surface area contributed by atoms with E-state index in [9.17, 15) is 4.79 Å². The van der Waals surface area contributed by atoms with E-state index >= 15 is 0 Å². The van der Waals surface area contributed by atoms with Gasteiger partial charge in [-0.2, -0.15) is 0 Å². The monoisotopic (exact) mass is 495 g/mol. The number of ether oxygens (including phenoxy) is 4. The maximum Gasteiger partial charge on any atom is 0.258 e. The summed E-state index contributed by atoms with van der Waals surface area (Å²) in [6.07, 6.45) is 0.750. The second-order valence-electron chi connectivity index (χ2n) is 8.54. The Morgan fingerprint density at radius 2 is 1.75 bits per heavy atom. The molecule has 192 valence electrons. The van der Waals surface area contributed by atoms with Crippen molar-refractivity contribution in [2.75, 3.05) is 41.0 Å². The van der Waals surface area contributed by atoms with Crippen molar-refractivity contribution in [3.63, 3.8) is 0 Å². The minimum Gasteiger partial charge on any atom is -0.493 e. The minimum atomic E-state index is -0.296. The number of hydrogen-bond donors (Lipinski definition) is 1. The highest BCUT2D eigenvalue weighted by Crippen LogP contribution is 2.40. The number of carbonyl (C=O) groups is 1. The molecule has 0 aliphatic carbocycles. The van der Waals surface area contributed by atoms with Gasteiger partial charge >= 0.3 is 0 Å². The third-order valence-electron chi connectivity index (χ3n) is 6.21. The van der Waals surface area contributed by atoms with Crippen LogP contribution >= 0.6 is 0 Å². The quantitative estimate of drug-likeness (QED) is 0.458. The predicted octanol–water partition coefficient (Wildman–Crippen LogP) is 2.62. The third kappa shape index (κ3) is 5.71. The summed E-state index contributed by atoms with van der Waals surface area (Å²) in [5.74, 6) is 4.00. The summed E-state index contributed by atoms with van der Waals surface area (Å²) in [6, 6.07) is 12.9. The van der Waals surface area contributed by atoms with E-state index in [-0.39, 0.29) is 18.6 Å². The zero-order valence-electron chi connectivity index (χ0n) is 21.2. The third-order valence-corrected chi connectivity index (χ3v) is 6.21. The molecule has 0 saturated carbocycles. The molecule has 2 heterocycles. The summed E-state index contributed by atoms with van der Waals surface area (Å²) >= 11 is 0. The van der Waals surface area contributed by atoms with E-state index in [4.69, 9.17) is 18.9 Å². The van der Waals surface area contributed by atoms with Crippen LogP contribution in [0.25, 0.3) is 0 Å². The first kappa shape index (κ1) is 25.3. The van der Waals surface area contributed by atoms with Crippen molar-refractivity contribution in [3.8, 4) is 23.0 Å². The van der Waals surface area contributed by atoms with Crippen LogP contribution in [0.15, 0.2) is 42.5 Å². The molecule has 1 atom stereocenters. The van der Waals surface area contributed by atoms with Gasteiger partial charge in [-0.3, -0.25) is 9.69 Å². The maximum absolute atomic E-state index is 12.4. The molecule has 0 saturated heterocycles. The van der Waals surface area contributed by atoms with Crippen molar-refractivity contribution in [1.82, 2.24) is 25.0 Å². The van der Waals surface area contributed by atoms with Crippen LogP contribution in [0.3, 0.4) is 0 Å². The fourth-order valence-corrected chi connectivity index (χ4v) is 4.41. The highest BCUT2D eigenvalue weighted by molar-refractivity contribution is 5.77. The topological polar surface area (TPSA) is 100.0 Å². The Bertz CT molecular complexity index is 1170. The van der Waals surface area contributed by atoms with E-state index < -0.39 is 0 Å². The van der Waals surface area contributed by atoms with Gasteiger partial charge in [0.2, 0.25) is 5.75 Å². The number of fused-ring (bicyclic) bond motifs is 1. The second kappa shape index (κ2) is 11.8. The Labute approximate surface area is 211 Å². The molecular weight excluding hydrogens is 462 g/mol. The van der Waals surface area contributed by atoms with Crippen LogP contribution in [0.1, 0.15) is 30.2 Å². The van der Waals surface area contributed by atoms with Gasteiger partial charge in [0.1, 0.15) is 11.6 Å². The highest BCUT2D eigenvalue weighted by Gasteiger charge is 2.24. The van der Waals surface area contributed by atoms with Gasteiger partial charge in [-0.15, -0.1) is 10.2 Å². The Morgan fingerprint density at radius 1 is 0.972 bits per heavy atom. The van der Waals surface area contributed by atoms with Crippen molar-refractivity contribution in [3.05, 3.63) is 59.7 Å². The second-order valence-corrected chi connectivity index (χ2v) is 8.54. The molecule has 0 bridgehead atoms. The molecule has 0 radical (unpaired) electrons. The largest absolute Gasteiger partial charge is 0.493 e. The van der Waals surface area contributed by atoms with Gasteiger partial charge in [0, 0.05) is 38.2 Å². The molecule has 4 rings (SSSR count). The summed E-state index contributed by atoms with van der Waals surface area (Å²) in [6.45, 7) is 4.88. The van der Waals surface area contributed by atoms with Crippen molar-refractivity contribution in [2.45, 2.75) is 32.5 Å². The van der Waals surface area contributed by atoms with Gasteiger partial charge in [-0.1, -0.05) is 24.3 Å². The first-order valence-corrected chi connectivity index (χ1v) is 11.9. The molecule has 10 nitrogen and oxygen atoms in total. The van der Waals surface area contributed by atoms with Gasteiger partial charge < -0.3 is 28.8 Å². The standard InChI is InChI=1S/C26H33N5O5/c1-18(27-23(32)17-36-20-8-6-5-7-9-20)26-29-28-22-12-13-30(14-15-31(22)26)16-19-10-11-21(33-2)25(35-4)24(19)34-3/h5-11,18H,12-17H2,1-4H3,(H,27,32)/t18-/m1/s1. The van der Waals surface area contributed by atoms with Crippen molar-refractivity contribution in [2.24, 2.45) is 0 Å². The van der Waals surface area contributed by atoms with Crippen molar-refractivity contribution < 1.29 is 23.7 Å². The van der Waals surface area contributed by atoms with E-state index in [1.165, 1.54) is 0 Å². The highest BCUT2D eigenvalue weighted by atomic mass is 16.5. The summed E-state index contributed by atoms with van der Waals surface area (Å²) < 4.78 is 24.2. The molecule has 0 fully saturated rings. The van der Waals surface area contributed by atoms with E-state index in [0.29, 0.717) is 36.1 Å². The van der Waals surface area contributed by atoms with E-state index in [1.807, 2.05) is 49.4 Å². The average Bonchev–Trinajstić information content (AvgIpc) is 3.21. The number of nitrogens with one attached hydrogen (secondary N) is 1. The zero-order chi connectivity index (χ0) is 25.5. The fourth-order valence-electron chi connectivity index (χ4n) is 4.41. The van der Waals surface area contributed by atoms with Crippen LogP contribution in [0, 0.1) is 0 Å². The number of hydrogen-bond acceptors (Lipinski definition) is 8. The lowest BCUT2D eigenvalue weighted by atomic mass is 10.1. The minimum absolute atomic E-state index is 0.0592. The fraction of sp³-hybridized carbons (Fsp3) is 0.423. The number of rotatable bonds is 10. The number of carbonyl (C=O) groups excluding carboxylic acids is 1. The SMILES string of the molecule is COc1ccc(CN2CCc3nnc([C@@H](C)NC(=O)COc4ccccc4)n3CC2)c(OC)c1OC. The lowest BCUT2D eigenvalue weighted by Crippen LogP contribution is -2.33. The van der Waals surface area contributed by atoms with Gasteiger partial charge in [0.05, 0.1) is 27.4 Å². The first-order valence-electron chi connectivity index (χ1n) is 11.9. The molecule has 0 unspecified atom stereocenters. The first-order chi connectivity index (χ1) is 17.5. The molecule has 2 aromatic carbocycles. The van der Waals surface area contributed by atoms with E-state index in [0.717, 1.165) is 36.7 Å². The predicted molar refractivity (Wildman–Crippen MR) is 134 cm³/mol. The summed E-state index contributed by atoms with van der Waals surface area (Å²) in [7, 11) is 4.85. The Kier molecular flexibility index (Phi) is 8.27. The molecular formula is C26H33N5O5. The molecule has 1 aliphatic heterocycles. The van der Waals surface area contributed by atoms with E-state index in [2.05, 4.69) is 25.0 Å². The molecule has 0 spiro atoms. The molecule has 10 heteroatoms. The van der Waals surface area contributed by atoms with E-state index in [1.54, 1.807) is 21.3 Å². The number of methoxy groups -OCH3 is 3. The molecule has 1 N–H and O–H groups in total. The number of nitrogens with zero attached hydrogens (tertiary/aromatic N) is 4. The molecule has 3 aromatic rings. The number of aromatic nitrogens is 3. The van der Waals surface area contributed by atoms with Gasteiger partial charge in [-0.05, 0) is 25.1 Å². The van der Waals surface area contributed by atoms with Crippen LogP contribution in [0.4, 0.5) is 0 Å². The van der Waals surface area contributed by atoms with Crippen LogP contribution in [0.5, 0.6) is 23.0 Å². The van der Waals surface area contributed by atoms with Crippen LogP contribution in [-0.4, -0.2) is 66.6 Å². The number of para-hydroxylation sites is 1. The lowest BCUT2D eigenvalue weighted by molar-refractivity contribution is -0.123. The summed E-state index contributed by atoms with van der Waals surface area (Å²) in [5, 5.41) is 11.8. The molecule has 1 aromatic heterocycles. The van der Waals surface area contributed by atoms with Crippen molar-refractivity contribution in [1.29, 1.82) is 0 Å². The number of benzene rings is 2. The molecule has 1 aliphatic rings. The average molecular weight is 496 g/mol. The van der Waals surface area contributed by atoms with Crippen LogP contribution in [-0.2, 0) is 24.3 Å². The van der Waals surface area contributed by atoms with Gasteiger partial charge in [-0.25, -0.2) is 0 Å². The lowest BCUT2D eigenvalue weighted by Gasteiger charge is -2.23. The summed E-state index contributed by atoms with van der Waals surface area (Å²) in [5.41, 5.74) is 1.02. The molecule has 1 amide bonds. The Balaban J connectivity index is 1.38. The summed E-state index contributed by atoms with van der Waals surface area (Å²) in [4.78, 5) is 14.8. The van der Waals surface area contributed by atoms with Crippen LogP contribution in [0.2, 0.25) is 0 Å². The van der Waals surface area contributed by atoms with Gasteiger partial charge in [0.15, 0.2) is 23.9 Å². The normalized spacial score (nSPS) is 14.3. The van der Waals surface area contributed by atoms with Gasteiger partial charge in [0.25, 0.3) is 5.91 Å². The van der Waals surface area contributed by atoms with Crippen molar-refractivity contribution >= 4 is 5.91 Å². The maximum atomic E-state index is 12.4. The zero-order valence-corrected chi connectivity index (χ0v) is 21.2. The Morgan fingerprint density at radius 3 is 2.47 bits per heavy atom. The number of amides is 1. The smallest absolute Gasteiger partial charge is 0.258 e. The Hall–Kier alpha value is -3.79. The van der Waals surface area contributed by atoms with Crippen LogP contribution < -0.4 is 24.3 Å².